The van der Waals surface area contributed by atoms with E-state index in [1.165, 1.54) is 0 Å². The van der Waals surface area contributed by atoms with Crippen molar-refractivity contribution in [1.29, 1.82) is 0 Å². The first kappa shape index (κ1) is 8.73. The molecule has 0 aliphatic carbocycles. The van der Waals surface area contributed by atoms with E-state index in [4.69, 9.17) is 4.74 Å². The van der Waals surface area contributed by atoms with Crippen LogP contribution in [0.15, 0.2) is 30.3 Å². The SMILES string of the molecule is CC1(c2ccccc2)CCC(O)O1. The monoisotopic (exact) mass is 178 g/mol. The van der Waals surface area contributed by atoms with Crippen molar-refractivity contribution in [2.45, 2.75) is 31.7 Å². The van der Waals surface area contributed by atoms with E-state index in [1.54, 1.807) is 0 Å². The molecule has 70 valence electrons. The van der Waals surface area contributed by atoms with Crippen LogP contribution >= 0.6 is 0 Å². The number of ether oxygens (including phenoxy) is 1. The fourth-order valence-corrected chi connectivity index (χ4v) is 1.82. The number of aliphatic hydroxyl groups excluding tert-OH is 1. The van der Waals surface area contributed by atoms with Crippen LogP contribution in [-0.4, -0.2) is 11.4 Å². The van der Waals surface area contributed by atoms with Gasteiger partial charge in [0.1, 0.15) is 0 Å². The molecule has 1 saturated heterocycles. The van der Waals surface area contributed by atoms with Crippen molar-refractivity contribution < 1.29 is 9.84 Å². The summed E-state index contributed by atoms with van der Waals surface area (Å²) in [4.78, 5) is 0. The van der Waals surface area contributed by atoms with Crippen LogP contribution in [0.3, 0.4) is 0 Å². The number of aliphatic hydroxyl groups is 1. The zero-order valence-electron chi connectivity index (χ0n) is 7.73. The summed E-state index contributed by atoms with van der Waals surface area (Å²) in [5.41, 5.74) is 0.854. The van der Waals surface area contributed by atoms with E-state index in [9.17, 15) is 5.11 Å². The molecular weight excluding hydrogens is 164 g/mol. The predicted molar refractivity (Wildman–Crippen MR) is 50.1 cm³/mol. The summed E-state index contributed by atoms with van der Waals surface area (Å²) in [7, 11) is 0. The molecule has 2 nitrogen and oxygen atoms in total. The Balaban J connectivity index is 2.26. The highest BCUT2D eigenvalue weighted by atomic mass is 16.6. The molecule has 2 rings (SSSR count). The molecule has 0 aromatic heterocycles. The standard InChI is InChI=1S/C11H14O2/c1-11(8-7-10(12)13-11)9-5-3-2-4-6-9/h2-6,10,12H,7-8H2,1H3. The lowest BCUT2D eigenvalue weighted by atomic mass is 9.93. The maximum atomic E-state index is 9.30. The highest BCUT2D eigenvalue weighted by Gasteiger charge is 2.36. The molecule has 1 aliphatic rings. The average molecular weight is 178 g/mol. The van der Waals surface area contributed by atoms with E-state index >= 15 is 0 Å². The Hall–Kier alpha value is -0.860. The smallest absolute Gasteiger partial charge is 0.155 e. The number of benzene rings is 1. The van der Waals surface area contributed by atoms with E-state index < -0.39 is 6.29 Å². The summed E-state index contributed by atoms with van der Waals surface area (Å²) in [6, 6.07) is 10.1. The summed E-state index contributed by atoms with van der Waals surface area (Å²) in [5, 5.41) is 9.30. The van der Waals surface area contributed by atoms with Crippen molar-refractivity contribution in [2.24, 2.45) is 0 Å². The van der Waals surface area contributed by atoms with Gasteiger partial charge in [0.25, 0.3) is 0 Å². The van der Waals surface area contributed by atoms with E-state index in [0.717, 1.165) is 18.4 Å². The molecule has 1 fully saturated rings. The van der Waals surface area contributed by atoms with Gasteiger partial charge >= 0.3 is 0 Å². The molecule has 1 aliphatic heterocycles. The molecule has 2 heteroatoms. The molecule has 13 heavy (non-hydrogen) atoms. The van der Waals surface area contributed by atoms with Gasteiger partial charge < -0.3 is 9.84 Å². The van der Waals surface area contributed by atoms with Crippen LogP contribution in [0, 0.1) is 0 Å². The van der Waals surface area contributed by atoms with Gasteiger partial charge in [-0.2, -0.15) is 0 Å². The van der Waals surface area contributed by atoms with E-state index in [0.29, 0.717) is 0 Å². The summed E-state index contributed by atoms with van der Waals surface area (Å²) in [5.74, 6) is 0. The van der Waals surface area contributed by atoms with Gasteiger partial charge in [0.15, 0.2) is 6.29 Å². The maximum Gasteiger partial charge on any atom is 0.155 e. The van der Waals surface area contributed by atoms with Crippen LogP contribution in [0.4, 0.5) is 0 Å². The van der Waals surface area contributed by atoms with Crippen LogP contribution in [0.25, 0.3) is 0 Å². The molecule has 0 bridgehead atoms. The predicted octanol–water partition coefficient (Wildman–Crippen LogP) is 2.03. The third kappa shape index (κ3) is 1.60. The second-order valence-corrected chi connectivity index (χ2v) is 3.71. The van der Waals surface area contributed by atoms with Crippen molar-refractivity contribution >= 4 is 0 Å². The lowest BCUT2D eigenvalue weighted by molar-refractivity contribution is -0.133. The Bertz CT molecular complexity index is 283. The van der Waals surface area contributed by atoms with Crippen molar-refractivity contribution in [2.75, 3.05) is 0 Å². The second-order valence-electron chi connectivity index (χ2n) is 3.71. The van der Waals surface area contributed by atoms with Gasteiger partial charge in [-0.15, -0.1) is 0 Å². The Labute approximate surface area is 78.2 Å². The van der Waals surface area contributed by atoms with Crippen LogP contribution in [0.2, 0.25) is 0 Å². The van der Waals surface area contributed by atoms with E-state index in [2.05, 4.69) is 0 Å². The highest BCUT2D eigenvalue weighted by molar-refractivity contribution is 5.22. The highest BCUT2D eigenvalue weighted by Crippen LogP contribution is 2.37. The Morgan fingerprint density at radius 2 is 2.08 bits per heavy atom. The van der Waals surface area contributed by atoms with Gasteiger partial charge in [-0.1, -0.05) is 30.3 Å². The van der Waals surface area contributed by atoms with Crippen LogP contribution in [0.1, 0.15) is 25.3 Å². The Morgan fingerprint density at radius 1 is 1.38 bits per heavy atom. The van der Waals surface area contributed by atoms with Gasteiger partial charge in [-0.25, -0.2) is 0 Å². The normalized spacial score (nSPS) is 33.5. The first-order valence-corrected chi connectivity index (χ1v) is 4.62. The van der Waals surface area contributed by atoms with Gasteiger partial charge in [-0.05, 0) is 18.9 Å². The van der Waals surface area contributed by atoms with Crippen LogP contribution < -0.4 is 0 Å². The Morgan fingerprint density at radius 3 is 2.62 bits per heavy atom. The van der Waals surface area contributed by atoms with E-state index in [1.807, 2.05) is 37.3 Å². The number of rotatable bonds is 1. The molecule has 0 saturated carbocycles. The zero-order chi connectivity index (χ0) is 9.31. The molecule has 2 unspecified atom stereocenters. The molecule has 1 heterocycles. The van der Waals surface area contributed by atoms with Crippen LogP contribution in [-0.2, 0) is 10.3 Å². The molecule has 1 aromatic carbocycles. The summed E-state index contributed by atoms with van der Waals surface area (Å²) < 4.78 is 5.49. The quantitative estimate of drug-likeness (QED) is 0.713. The maximum absolute atomic E-state index is 9.30. The first-order valence-electron chi connectivity index (χ1n) is 4.62. The van der Waals surface area contributed by atoms with Gasteiger partial charge in [0.2, 0.25) is 0 Å². The third-order valence-corrected chi connectivity index (χ3v) is 2.65. The summed E-state index contributed by atoms with van der Waals surface area (Å²) >= 11 is 0. The number of hydrogen-bond donors (Lipinski definition) is 1. The lowest BCUT2D eigenvalue weighted by Crippen LogP contribution is -2.21. The van der Waals surface area contributed by atoms with Gasteiger partial charge in [-0.3, -0.25) is 0 Å². The molecule has 1 aromatic rings. The van der Waals surface area contributed by atoms with Crippen LogP contribution in [0.5, 0.6) is 0 Å². The third-order valence-electron chi connectivity index (χ3n) is 2.65. The van der Waals surface area contributed by atoms with Gasteiger partial charge in [0, 0.05) is 6.42 Å². The lowest BCUT2D eigenvalue weighted by Gasteiger charge is -2.23. The summed E-state index contributed by atoms with van der Waals surface area (Å²) in [6.45, 7) is 2.03. The minimum atomic E-state index is -0.592. The molecular formula is C11H14O2. The largest absolute Gasteiger partial charge is 0.368 e. The van der Waals surface area contributed by atoms with Crippen molar-refractivity contribution in [3.63, 3.8) is 0 Å². The minimum Gasteiger partial charge on any atom is -0.368 e. The number of hydrogen-bond acceptors (Lipinski definition) is 2. The second kappa shape index (κ2) is 3.13. The van der Waals surface area contributed by atoms with E-state index in [-0.39, 0.29) is 5.60 Å². The molecule has 1 N–H and O–H groups in total. The topological polar surface area (TPSA) is 29.5 Å². The minimum absolute atomic E-state index is 0.291. The zero-order valence-corrected chi connectivity index (χ0v) is 7.73. The van der Waals surface area contributed by atoms with Crippen molar-refractivity contribution in [3.8, 4) is 0 Å². The van der Waals surface area contributed by atoms with Crippen molar-refractivity contribution in [3.05, 3.63) is 35.9 Å². The molecule has 0 amide bonds. The fourth-order valence-electron chi connectivity index (χ4n) is 1.82. The summed E-state index contributed by atoms with van der Waals surface area (Å²) in [6.07, 6.45) is 1.02. The van der Waals surface area contributed by atoms with Crippen molar-refractivity contribution in [1.82, 2.24) is 0 Å². The molecule has 2 atom stereocenters. The first-order chi connectivity index (χ1) is 6.21. The Kier molecular flexibility index (Phi) is 2.10. The molecule has 0 radical (unpaired) electrons. The molecule has 0 spiro atoms. The van der Waals surface area contributed by atoms with Gasteiger partial charge in [0.05, 0.1) is 5.60 Å². The fraction of sp³-hybridized carbons (Fsp3) is 0.455. The average Bonchev–Trinajstić information content (AvgIpc) is 2.49.